The van der Waals surface area contributed by atoms with Crippen LogP contribution in [0.1, 0.15) is 38.6 Å². The average Bonchev–Trinajstić information content (AvgIpc) is 2.85. The number of hydrogen-bond donors (Lipinski definition) is 2. The third-order valence-corrected chi connectivity index (χ3v) is 4.66. The third-order valence-electron chi connectivity index (χ3n) is 3.09. The molecule has 0 spiro atoms. The van der Waals surface area contributed by atoms with Gasteiger partial charge in [0.05, 0.1) is 12.2 Å². The normalized spacial score (nSPS) is 17.7. The number of nitrogen functional groups attached to an aromatic ring is 1. The van der Waals surface area contributed by atoms with E-state index in [4.69, 9.17) is 5.73 Å². The molecule has 0 bridgehead atoms. The number of aromatic nitrogens is 2. The van der Waals surface area contributed by atoms with Crippen LogP contribution in [-0.2, 0) is 10.0 Å². The van der Waals surface area contributed by atoms with Gasteiger partial charge in [-0.05, 0) is 12.8 Å². The number of nitrogens with zero attached hydrogens (tertiary/aromatic N) is 2. The molecule has 0 unspecified atom stereocenters. The van der Waals surface area contributed by atoms with Gasteiger partial charge in [-0.15, -0.1) is 0 Å². The molecule has 6 nitrogen and oxygen atoms in total. The van der Waals surface area contributed by atoms with Crippen molar-refractivity contribution in [3.8, 4) is 0 Å². The van der Waals surface area contributed by atoms with E-state index in [1.807, 2.05) is 0 Å². The number of hydrogen-bond acceptors (Lipinski definition) is 4. The van der Waals surface area contributed by atoms with Crippen LogP contribution in [0.15, 0.2) is 11.1 Å². The fourth-order valence-corrected chi connectivity index (χ4v) is 3.36. The zero-order valence-corrected chi connectivity index (χ0v) is 10.7. The highest BCUT2D eigenvalue weighted by Crippen LogP contribution is 2.32. The maximum atomic E-state index is 11.8. The van der Waals surface area contributed by atoms with Crippen LogP contribution in [0.3, 0.4) is 0 Å². The van der Waals surface area contributed by atoms with Gasteiger partial charge in [0.1, 0.15) is 10.7 Å². The fraction of sp³-hybridized carbons (Fsp3) is 0.700. The minimum Gasteiger partial charge on any atom is -0.383 e. The second-order valence-corrected chi connectivity index (χ2v) is 6.01. The van der Waals surface area contributed by atoms with Gasteiger partial charge in [-0.25, -0.2) is 17.8 Å². The van der Waals surface area contributed by atoms with Crippen molar-refractivity contribution >= 4 is 15.8 Å². The van der Waals surface area contributed by atoms with Crippen molar-refractivity contribution in [3.63, 3.8) is 0 Å². The highest BCUT2D eigenvalue weighted by molar-refractivity contribution is 7.89. The quantitative estimate of drug-likeness (QED) is 0.838. The topological polar surface area (TPSA) is 90.0 Å². The molecular formula is C10H18N4O2S. The smallest absolute Gasteiger partial charge is 0.245 e. The molecule has 2 rings (SSSR count). The van der Waals surface area contributed by atoms with E-state index in [1.54, 1.807) is 11.6 Å². The predicted octanol–water partition coefficient (Wildman–Crippen LogP) is 0.879. The molecule has 0 amide bonds. The van der Waals surface area contributed by atoms with E-state index in [0.29, 0.717) is 6.54 Å². The number of nitrogens with one attached hydrogen (secondary N) is 1. The Morgan fingerprint density at radius 1 is 1.53 bits per heavy atom. The first kappa shape index (κ1) is 12.4. The SMILES string of the molecule is CCNS(=O)(=O)c1cnn(C2CCCC2)c1N. The van der Waals surface area contributed by atoms with Crippen molar-refractivity contribution in [1.82, 2.24) is 14.5 Å². The Labute approximate surface area is 101 Å². The second kappa shape index (κ2) is 4.66. The highest BCUT2D eigenvalue weighted by Gasteiger charge is 2.25. The van der Waals surface area contributed by atoms with Crippen molar-refractivity contribution in [2.75, 3.05) is 12.3 Å². The molecule has 1 aliphatic carbocycles. The second-order valence-electron chi connectivity index (χ2n) is 4.28. The van der Waals surface area contributed by atoms with Crippen LogP contribution in [0.4, 0.5) is 5.82 Å². The van der Waals surface area contributed by atoms with Gasteiger partial charge in [0.2, 0.25) is 10.0 Å². The lowest BCUT2D eigenvalue weighted by Crippen LogP contribution is -2.24. The van der Waals surface area contributed by atoms with Crippen LogP contribution >= 0.6 is 0 Å². The minimum atomic E-state index is -3.51. The molecule has 3 N–H and O–H groups in total. The molecule has 17 heavy (non-hydrogen) atoms. The molecule has 0 saturated heterocycles. The van der Waals surface area contributed by atoms with Crippen LogP contribution in [0, 0.1) is 0 Å². The summed E-state index contributed by atoms with van der Waals surface area (Å²) < 4.78 is 27.7. The average molecular weight is 258 g/mol. The number of rotatable bonds is 4. The Kier molecular flexibility index (Phi) is 3.39. The fourth-order valence-electron chi connectivity index (χ4n) is 2.27. The van der Waals surface area contributed by atoms with Gasteiger partial charge in [-0.2, -0.15) is 5.10 Å². The Hall–Kier alpha value is -1.08. The van der Waals surface area contributed by atoms with Crippen molar-refractivity contribution in [1.29, 1.82) is 0 Å². The van der Waals surface area contributed by atoms with E-state index in [0.717, 1.165) is 25.7 Å². The standard InChI is InChI=1S/C10H18N4O2S/c1-2-13-17(15,16)9-7-12-14(10(9)11)8-5-3-4-6-8/h7-8,13H,2-6,11H2,1H3. The first-order valence-corrected chi connectivity index (χ1v) is 7.37. The summed E-state index contributed by atoms with van der Waals surface area (Å²) >= 11 is 0. The monoisotopic (exact) mass is 258 g/mol. The Balaban J connectivity index is 2.32. The van der Waals surface area contributed by atoms with Gasteiger partial charge < -0.3 is 5.73 Å². The van der Waals surface area contributed by atoms with Gasteiger partial charge in [0.25, 0.3) is 0 Å². The summed E-state index contributed by atoms with van der Waals surface area (Å²) in [7, 11) is -3.51. The Morgan fingerprint density at radius 3 is 2.76 bits per heavy atom. The Bertz CT molecular complexity index is 488. The van der Waals surface area contributed by atoms with Gasteiger partial charge >= 0.3 is 0 Å². The maximum absolute atomic E-state index is 11.8. The van der Waals surface area contributed by atoms with Crippen molar-refractivity contribution in [3.05, 3.63) is 6.20 Å². The number of sulfonamides is 1. The van der Waals surface area contributed by atoms with Crippen LogP contribution in [0.2, 0.25) is 0 Å². The number of anilines is 1. The molecular weight excluding hydrogens is 240 g/mol. The van der Waals surface area contributed by atoms with E-state index in [1.165, 1.54) is 6.20 Å². The lowest BCUT2D eigenvalue weighted by atomic mass is 10.2. The molecule has 1 heterocycles. The zero-order chi connectivity index (χ0) is 12.5. The molecule has 1 fully saturated rings. The van der Waals surface area contributed by atoms with Gasteiger partial charge in [-0.3, -0.25) is 0 Å². The van der Waals surface area contributed by atoms with Gasteiger partial charge in [-0.1, -0.05) is 19.8 Å². The molecule has 1 aliphatic rings. The maximum Gasteiger partial charge on any atom is 0.245 e. The third kappa shape index (κ3) is 2.30. The summed E-state index contributed by atoms with van der Waals surface area (Å²) in [6.07, 6.45) is 5.68. The van der Waals surface area contributed by atoms with E-state index in [-0.39, 0.29) is 16.8 Å². The van der Waals surface area contributed by atoms with Crippen LogP contribution in [-0.4, -0.2) is 24.7 Å². The van der Waals surface area contributed by atoms with Gasteiger partial charge in [0.15, 0.2) is 0 Å². The van der Waals surface area contributed by atoms with E-state index >= 15 is 0 Å². The Morgan fingerprint density at radius 2 is 2.18 bits per heavy atom. The summed E-state index contributed by atoms with van der Waals surface area (Å²) in [5.41, 5.74) is 5.88. The minimum absolute atomic E-state index is 0.0891. The molecule has 0 aromatic carbocycles. The molecule has 7 heteroatoms. The molecule has 1 aromatic rings. The zero-order valence-electron chi connectivity index (χ0n) is 9.89. The molecule has 96 valence electrons. The molecule has 0 atom stereocenters. The number of nitrogens with two attached hydrogens (primary N) is 1. The first-order chi connectivity index (χ1) is 8.06. The highest BCUT2D eigenvalue weighted by atomic mass is 32.2. The molecule has 0 aliphatic heterocycles. The molecule has 1 aromatic heterocycles. The lowest BCUT2D eigenvalue weighted by molar-refractivity contribution is 0.473. The summed E-state index contributed by atoms with van der Waals surface area (Å²) in [5, 5.41) is 4.12. The molecule has 1 saturated carbocycles. The van der Waals surface area contributed by atoms with Crippen molar-refractivity contribution < 1.29 is 8.42 Å². The van der Waals surface area contributed by atoms with Crippen LogP contribution in [0.25, 0.3) is 0 Å². The van der Waals surface area contributed by atoms with Crippen molar-refractivity contribution in [2.24, 2.45) is 0 Å². The van der Waals surface area contributed by atoms with Crippen molar-refractivity contribution in [2.45, 2.75) is 43.5 Å². The lowest BCUT2D eigenvalue weighted by Gasteiger charge is -2.12. The summed E-state index contributed by atoms with van der Waals surface area (Å²) in [4.78, 5) is 0.0891. The summed E-state index contributed by atoms with van der Waals surface area (Å²) in [5.74, 6) is 0.248. The first-order valence-electron chi connectivity index (χ1n) is 5.89. The van der Waals surface area contributed by atoms with E-state index < -0.39 is 10.0 Å². The molecule has 0 radical (unpaired) electrons. The summed E-state index contributed by atoms with van der Waals surface area (Å²) in [6.45, 7) is 2.07. The van der Waals surface area contributed by atoms with Gasteiger partial charge in [0, 0.05) is 6.54 Å². The summed E-state index contributed by atoms with van der Waals surface area (Å²) in [6, 6.07) is 0.251. The van der Waals surface area contributed by atoms with E-state index in [9.17, 15) is 8.42 Å². The largest absolute Gasteiger partial charge is 0.383 e. The van der Waals surface area contributed by atoms with Crippen LogP contribution in [0.5, 0.6) is 0 Å². The van der Waals surface area contributed by atoms with E-state index in [2.05, 4.69) is 9.82 Å². The predicted molar refractivity (Wildman–Crippen MR) is 65.0 cm³/mol. The van der Waals surface area contributed by atoms with Crippen LogP contribution < -0.4 is 10.5 Å².